The third kappa shape index (κ3) is 4.25. The van der Waals surface area contributed by atoms with E-state index >= 15 is 0 Å². The Balaban J connectivity index is 1.48. The average molecular weight is 433 g/mol. The Kier molecular flexibility index (Phi) is 5.43. The molecule has 1 amide bonds. The van der Waals surface area contributed by atoms with Crippen molar-refractivity contribution in [3.8, 4) is 22.6 Å². The van der Waals surface area contributed by atoms with Crippen LogP contribution in [0.4, 0.5) is 5.69 Å². The normalized spacial score (nSPS) is 10.7. The lowest BCUT2D eigenvalue weighted by Gasteiger charge is -2.12. The molecule has 0 bridgehead atoms. The molecule has 0 aliphatic carbocycles. The maximum Gasteiger partial charge on any atom is 0.344 e. The van der Waals surface area contributed by atoms with E-state index in [9.17, 15) is 9.59 Å². The summed E-state index contributed by atoms with van der Waals surface area (Å²) in [6, 6.07) is 33.0. The third-order valence-corrected chi connectivity index (χ3v) is 5.20. The van der Waals surface area contributed by atoms with Crippen LogP contribution in [-0.2, 0) is 0 Å². The molecule has 4 aromatic carbocycles. The second kappa shape index (κ2) is 8.85. The van der Waals surface area contributed by atoms with Crippen molar-refractivity contribution in [3.05, 3.63) is 125 Å². The molecule has 1 N–H and O–H groups in total. The monoisotopic (exact) mass is 433 g/mol. The minimum atomic E-state index is -0.554. The number of anilines is 1. The summed E-state index contributed by atoms with van der Waals surface area (Å²) in [4.78, 5) is 25.8. The highest BCUT2D eigenvalue weighted by molar-refractivity contribution is 6.11. The summed E-state index contributed by atoms with van der Waals surface area (Å²) in [5.41, 5.74) is 1.36. The van der Waals surface area contributed by atoms with E-state index in [4.69, 9.17) is 9.15 Å². The van der Waals surface area contributed by atoms with E-state index in [0.717, 1.165) is 11.3 Å². The van der Waals surface area contributed by atoms with Crippen LogP contribution in [0.5, 0.6) is 11.5 Å². The van der Waals surface area contributed by atoms with E-state index in [1.165, 1.54) is 0 Å². The van der Waals surface area contributed by atoms with Crippen molar-refractivity contribution >= 4 is 22.4 Å². The van der Waals surface area contributed by atoms with Crippen LogP contribution in [0.1, 0.15) is 10.6 Å². The molecule has 5 aromatic rings. The second-order valence-electron chi connectivity index (χ2n) is 7.40. The first-order valence-corrected chi connectivity index (χ1v) is 10.4. The molecular formula is C28H19NO4. The molecule has 1 heterocycles. The molecule has 0 saturated carbocycles. The molecule has 5 nitrogen and oxygen atoms in total. The quantitative estimate of drug-likeness (QED) is 0.343. The maximum atomic E-state index is 13.2. The standard InChI is InChI=1S/C28H19NO4/c30-27(29-20-15-17-22(18-16-20)32-21-11-5-2-6-12-21)26-25(19-9-3-1-4-10-19)23-13-7-8-14-24(23)28(31)33-26/h1-18H,(H,29,30). The van der Waals surface area contributed by atoms with Gasteiger partial charge in [0.05, 0.1) is 5.39 Å². The topological polar surface area (TPSA) is 68.5 Å². The summed E-state index contributed by atoms with van der Waals surface area (Å²) >= 11 is 0. The SMILES string of the molecule is O=C(Nc1ccc(Oc2ccccc2)cc1)c1oc(=O)c2ccccc2c1-c1ccccc1. The Bertz CT molecular complexity index is 1470. The molecule has 0 aliphatic heterocycles. The largest absolute Gasteiger partial charge is 0.457 e. The highest BCUT2D eigenvalue weighted by Crippen LogP contribution is 2.31. The van der Waals surface area contributed by atoms with Crippen molar-refractivity contribution in [2.45, 2.75) is 0 Å². The third-order valence-electron chi connectivity index (χ3n) is 5.20. The summed E-state index contributed by atoms with van der Waals surface area (Å²) in [6.07, 6.45) is 0. The number of carbonyl (C=O) groups excluding carboxylic acids is 1. The highest BCUT2D eigenvalue weighted by atomic mass is 16.5. The number of hydrogen-bond acceptors (Lipinski definition) is 4. The molecule has 1 aromatic heterocycles. The van der Waals surface area contributed by atoms with Gasteiger partial charge in [0.2, 0.25) is 5.76 Å². The fourth-order valence-electron chi connectivity index (χ4n) is 3.67. The highest BCUT2D eigenvalue weighted by Gasteiger charge is 2.21. The number of amides is 1. The Morgan fingerprint density at radius 1 is 0.667 bits per heavy atom. The van der Waals surface area contributed by atoms with Crippen molar-refractivity contribution < 1.29 is 13.9 Å². The molecule has 0 spiro atoms. The van der Waals surface area contributed by atoms with Crippen LogP contribution in [0.15, 0.2) is 118 Å². The zero-order valence-corrected chi connectivity index (χ0v) is 17.5. The number of para-hydroxylation sites is 1. The van der Waals surface area contributed by atoms with Gasteiger partial charge >= 0.3 is 5.63 Å². The summed E-state index contributed by atoms with van der Waals surface area (Å²) in [5.74, 6) is 0.823. The van der Waals surface area contributed by atoms with Crippen molar-refractivity contribution in [1.82, 2.24) is 0 Å². The molecule has 5 rings (SSSR count). The number of hydrogen-bond donors (Lipinski definition) is 1. The van der Waals surface area contributed by atoms with Gasteiger partial charge in [-0.05, 0) is 48.0 Å². The Morgan fingerprint density at radius 2 is 1.24 bits per heavy atom. The van der Waals surface area contributed by atoms with Gasteiger partial charge in [-0.2, -0.15) is 0 Å². The summed E-state index contributed by atoms with van der Waals surface area (Å²) in [6.45, 7) is 0. The molecular weight excluding hydrogens is 414 g/mol. The van der Waals surface area contributed by atoms with Crippen molar-refractivity contribution in [3.63, 3.8) is 0 Å². The number of benzene rings is 4. The van der Waals surface area contributed by atoms with Crippen molar-refractivity contribution in [2.24, 2.45) is 0 Å². The van der Waals surface area contributed by atoms with Crippen LogP contribution in [0.2, 0.25) is 0 Å². The zero-order chi connectivity index (χ0) is 22.6. The molecule has 0 radical (unpaired) electrons. The zero-order valence-electron chi connectivity index (χ0n) is 17.5. The molecule has 5 heteroatoms. The van der Waals surface area contributed by atoms with E-state index in [1.54, 1.807) is 36.4 Å². The van der Waals surface area contributed by atoms with E-state index in [1.807, 2.05) is 72.8 Å². The predicted molar refractivity (Wildman–Crippen MR) is 129 cm³/mol. The fourth-order valence-corrected chi connectivity index (χ4v) is 3.67. The lowest BCUT2D eigenvalue weighted by Crippen LogP contribution is -2.16. The van der Waals surface area contributed by atoms with Crippen LogP contribution in [0, 0.1) is 0 Å². The Morgan fingerprint density at radius 3 is 1.94 bits per heavy atom. The van der Waals surface area contributed by atoms with Gasteiger partial charge in [-0.3, -0.25) is 4.79 Å². The smallest absolute Gasteiger partial charge is 0.344 e. The fraction of sp³-hybridized carbons (Fsp3) is 0. The van der Waals surface area contributed by atoms with Gasteiger partial charge in [-0.1, -0.05) is 66.7 Å². The first kappa shape index (κ1) is 20.3. The predicted octanol–water partition coefficient (Wildman–Crippen LogP) is 6.50. The lowest BCUT2D eigenvalue weighted by molar-refractivity contribution is 0.0994. The molecule has 0 unspecified atom stereocenters. The summed E-state index contributed by atoms with van der Waals surface area (Å²) < 4.78 is 11.3. The van der Waals surface area contributed by atoms with Gasteiger partial charge in [-0.25, -0.2) is 4.79 Å². The second-order valence-corrected chi connectivity index (χ2v) is 7.40. The minimum absolute atomic E-state index is 0.0329. The van der Waals surface area contributed by atoms with Crippen LogP contribution in [-0.4, -0.2) is 5.91 Å². The number of nitrogens with one attached hydrogen (secondary N) is 1. The van der Waals surface area contributed by atoms with Gasteiger partial charge in [0, 0.05) is 16.6 Å². The molecule has 0 saturated heterocycles. The Hall–Kier alpha value is -4.64. The minimum Gasteiger partial charge on any atom is -0.457 e. The number of rotatable bonds is 5. The lowest BCUT2D eigenvalue weighted by atomic mass is 9.98. The summed E-state index contributed by atoms with van der Waals surface area (Å²) in [5, 5.41) is 3.91. The molecule has 33 heavy (non-hydrogen) atoms. The first-order chi connectivity index (χ1) is 16.2. The molecule has 0 aliphatic rings. The van der Waals surface area contributed by atoms with Crippen LogP contribution in [0.25, 0.3) is 21.9 Å². The van der Waals surface area contributed by atoms with Crippen molar-refractivity contribution in [2.75, 3.05) is 5.32 Å². The Labute approximate surface area is 189 Å². The van der Waals surface area contributed by atoms with Crippen LogP contribution >= 0.6 is 0 Å². The van der Waals surface area contributed by atoms with E-state index < -0.39 is 11.5 Å². The first-order valence-electron chi connectivity index (χ1n) is 10.4. The molecule has 0 atom stereocenters. The van der Waals surface area contributed by atoms with Gasteiger partial charge in [0.1, 0.15) is 11.5 Å². The number of carbonyl (C=O) groups is 1. The average Bonchev–Trinajstić information content (AvgIpc) is 2.86. The van der Waals surface area contributed by atoms with Crippen molar-refractivity contribution in [1.29, 1.82) is 0 Å². The number of fused-ring (bicyclic) bond motifs is 1. The molecule has 0 fully saturated rings. The van der Waals surface area contributed by atoms with Crippen LogP contribution < -0.4 is 15.7 Å². The van der Waals surface area contributed by atoms with E-state index in [-0.39, 0.29) is 5.76 Å². The van der Waals surface area contributed by atoms with Crippen LogP contribution in [0.3, 0.4) is 0 Å². The van der Waals surface area contributed by atoms with Gasteiger partial charge in [0.25, 0.3) is 5.91 Å². The maximum absolute atomic E-state index is 13.2. The van der Waals surface area contributed by atoms with Gasteiger partial charge in [-0.15, -0.1) is 0 Å². The van der Waals surface area contributed by atoms with E-state index in [2.05, 4.69) is 5.32 Å². The molecule has 160 valence electrons. The van der Waals surface area contributed by atoms with E-state index in [0.29, 0.717) is 27.8 Å². The number of ether oxygens (including phenoxy) is 1. The summed E-state index contributed by atoms with van der Waals surface area (Å²) in [7, 11) is 0. The van der Waals surface area contributed by atoms with Gasteiger partial charge in [0.15, 0.2) is 0 Å². The van der Waals surface area contributed by atoms with Gasteiger partial charge < -0.3 is 14.5 Å².